The summed E-state index contributed by atoms with van der Waals surface area (Å²) < 4.78 is 38.1. The van der Waals surface area contributed by atoms with Gasteiger partial charge in [0, 0.05) is 17.3 Å². The van der Waals surface area contributed by atoms with Crippen LogP contribution in [-0.2, 0) is 6.18 Å². The van der Waals surface area contributed by atoms with E-state index >= 15 is 0 Å². The van der Waals surface area contributed by atoms with Crippen molar-refractivity contribution in [3.63, 3.8) is 0 Å². The van der Waals surface area contributed by atoms with Gasteiger partial charge in [-0.25, -0.2) is 9.97 Å². The van der Waals surface area contributed by atoms with Crippen LogP contribution in [0.1, 0.15) is 5.69 Å². The number of nitrogens with two attached hydrogens (primary N) is 1. The lowest BCUT2D eigenvalue weighted by atomic mass is 10.3. The summed E-state index contributed by atoms with van der Waals surface area (Å²) in [6, 6.07) is 4.19. The largest absolute Gasteiger partial charge is 0.434 e. The van der Waals surface area contributed by atoms with Crippen molar-refractivity contribution in [2.45, 2.75) is 16.2 Å². The maximum Gasteiger partial charge on any atom is 0.434 e. The van der Waals surface area contributed by atoms with Crippen molar-refractivity contribution in [3.05, 3.63) is 36.3 Å². The number of halogens is 3. The van der Waals surface area contributed by atoms with E-state index in [-0.39, 0.29) is 15.9 Å². The first-order chi connectivity index (χ1) is 8.47. The Balaban J connectivity index is 2.35. The molecule has 0 aliphatic heterocycles. The van der Waals surface area contributed by atoms with Gasteiger partial charge in [0.15, 0.2) is 10.9 Å². The molecule has 94 valence electrons. The maximum absolute atomic E-state index is 12.7. The highest BCUT2D eigenvalue weighted by atomic mass is 32.2. The van der Waals surface area contributed by atoms with Crippen molar-refractivity contribution >= 4 is 17.6 Å². The number of aromatic nitrogens is 3. The van der Waals surface area contributed by atoms with Crippen LogP contribution in [-0.4, -0.2) is 15.0 Å². The minimum Gasteiger partial charge on any atom is -0.384 e. The van der Waals surface area contributed by atoms with E-state index in [0.29, 0.717) is 0 Å². The molecule has 8 heteroatoms. The molecular formula is C10H7F3N4S. The third kappa shape index (κ3) is 2.89. The summed E-state index contributed by atoms with van der Waals surface area (Å²) >= 11 is 0.771. The molecule has 0 aliphatic carbocycles. The fourth-order valence-corrected chi connectivity index (χ4v) is 2.06. The van der Waals surface area contributed by atoms with Crippen LogP contribution in [0, 0.1) is 0 Å². The zero-order chi connectivity index (χ0) is 13.2. The van der Waals surface area contributed by atoms with Crippen LogP contribution < -0.4 is 5.73 Å². The fraction of sp³-hybridized carbons (Fsp3) is 0.100. The SMILES string of the molecule is Nc1ccnc(Sc2cccnc2C(F)(F)F)n1. The molecule has 0 radical (unpaired) electrons. The molecule has 0 fully saturated rings. The van der Waals surface area contributed by atoms with Crippen LogP contribution in [0.4, 0.5) is 19.0 Å². The number of hydrogen-bond donors (Lipinski definition) is 1. The zero-order valence-electron chi connectivity index (χ0n) is 8.85. The molecule has 2 aromatic heterocycles. The number of alkyl halides is 3. The molecule has 4 nitrogen and oxygen atoms in total. The van der Waals surface area contributed by atoms with E-state index < -0.39 is 11.9 Å². The lowest BCUT2D eigenvalue weighted by Crippen LogP contribution is -2.09. The van der Waals surface area contributed by atoms with Gasteiger partial charge >= 0.3 is 6.18 Å². The Morgan fingerprint density at radius 1 is 1.11 bits per heavy atom. The Bertz CT molecular complexity index is 559. The first-order valence-corrected chi connectivity index (χ1v) is 5.57. The van der Waals surface area contributed by atoms with Gasteiger partial charge in [-0.2, -0.15) is 13.2 Å². The Hall–Kier alpha value is -1.83. The molecule has 2 heterocycles. The van der Waals surface area contributed by atoms with Crippen LogP contribution in [0.5, 0.6) is 0 Å². The number of rotatable bonds is 2. The van der Waals surface area contributed by atoms with E-state index in [1.165, 1.54) is 24.4 Å². The molecule has 0 amide bonds. The highest BCUT2D eigenvalue weighted by Crippen LogP contribution is 2.36. The van der Waals surface area contributed by atoms with Gasteiger partial charge in [-0.15, -0.1) is 0 Å². The lowest BCUT2D eigenvalue weighted by molar-refractivity contribution is -0.143. The molecular weight excluding hydrogens is 265 g/mol. The van der Waals surface area contributed by atoms with E-state index in [1.54, 1.807) is 0 Å². The topological polar surface area (TPSA) is 64.7 Å². The monoisotopic (exact) mass is 272 g/mol. The molecule has 0 atom stereocenters. The van der Waals surface area contributed by atoms with E-state index in [4.69, 9.17) is 5.73 Å². The molecule has 0 saturated heterocycles. The second kappa shape index (κ2) is 4.81. The van der Waals surface area contributed by atoms with E-state index in [2.05, 4.69) is 15.0 Å². The summed E-state index contributed by atoms with van der Waals surface area (Å²) in [5.74, 6) is 0.199. The van der Waals surface area contributed by atoms with Gasteiger partial charge in [0.25, 0.3) is 0 Å². The summed E-state index contributed by atoms with van der Waals surface area (Å²) in [7, 11) is 0. The predicted molar refractivity (Wildman–Crippen MR) is 59.8 cm³/mol. The average molecular weight is 272 g/mol. The summed E-state index contributed by atoms with van der Waals surface area (Å²) in [5.41, 5.74) is 4.48. The van der Waals surface area contributed by atoms with Crippen molar-refractivity contribution in [1.29, 1.82) is 0 Å². The predicted octanol–water partition coefficient (Wildman–Crippen LogP) is 2.62. The minimum atomic E-state index is -4.51. The molecule has 2 N–H and O–H groups in total. The number of nitrogens with zero attached hydrogens (tertiary/aromatic N) is 3. The summed E-state index contributed by atoms with van der Waals surface area (Å²) in [6.07, 6.45) is -2.04. The van der Waals surface area contributed by atoms with Gasteiger partial charge in [0.05, 0.1) is 0 Å². The average Bonchev–Trinajstić information content (AvgIpc) is 2.28. The van der Waals surface area contributed by atoms with Crippen molar-refractivity contribution in [1.82, 2.24) is 15.0 Å². The second-order valence-corrected chi connectivity index (χ2v) is 4.22. The van der Waals surface area contributed by atoms with Crippen molar-refractivity contribution in [2.24, 2.45) is 0 Å². The standard InChI is InChI=1S/C10H7F3N4S/c11-10(12,13)8-6(2-1-4-15-8)18-9-16-5-3-7(14)17-9/h1-5H,(H2,14,16,17). The van der Waals surface area contributed by atoms with Crippen LogP contribution in [0.3, 0.4) is 0 Å². The van der Waals surface area contributed by atoms with Crippen LogP contribution in [0.15, 0.2) is 40.6 Å². The first-order valence-electron chi connectivity index (χ1n) is 4.75. The van der Waals surface area contributed by atoms with Gasteiger partial charge in [-0.05, 0) is 30.0 Å². The molecule has 0 spiro atoms. The zero-order valence-corrected chi connectivity index (χ0v) is 9.66. The normalized spacial score (nSPS) is 11.5. The summed E-state index contributed by atoms with van der Waals surface area (Å²) in [4.78, 5) is 10.9. The maximum atomic E-state index is 12.7. The van der Waals surface area contributed by atoms with Crippen molar-refractivity contribution in [2.75, 3.05) is 5.73 Å². The summed E-state index contributed by atoms with van der Waals surface area (Å²) in [6.45, 7) is 0. The minimum absolute atomic E-state index is 0.0596. The van der Waals surface area contributed by atoms with Crippen LogP contribution in [0.25, 0.3) is 0 Å². The number of hydrogen-bond acceptors (Lipinski definition) is 5. The Morgan fingerprint density at radius 2 is 1.89 bits per heavy atom. The third-order valence-electron chi connectivity index (χ3n) is 1.90. The molecule has 2 aromatic rings. The molecule has 18 heavy (non-hydrogen) atoms. The summed E-state index contributed by atoms with van der Waals surface area (Å²) in [5, 5.41) is 0.147. The smallest absolute Gasteiger partial charge is 0.384 e. The van der Waals surface area contributed by atoms with Crippen molar-refractivity contribution < 1.29 is 13.2 Å². The van der Waals surface area contributed by atoms with E-state index in [0.717, 1.165) is 18.0 Å². The Kier molecular flexibility index (Phi) is 3.37. The Labute approximate surface area is 104 Å². The van der Waals surface area contributed by atoms with Crippen LogP contribution >= 0.6 is 11.8 Å². The first kappa shape index (κ1) is 12.6. The van der Waals surface area contributed by atoms with Crippen LogP contribution in [0.2, 0.25) is 0 Å². The molecule has 2 rings (SSSR count). The number of nitrogen functional groups attached to an aromatic ring is 1. The number of anilines is 1. The molecule has 0 aromatic carbocycles. The van der Waals surface area contributed by atoms with Gasteiger partial charge in [0.2, 0.25) is 0 Å². The molecule has 0 unspecified atom stereocenters. The second-order valence-electron chi connectivity index (χ2n) is 3.21. The van der Waals surface area contributed by atoms with Gasteiger partial charge in [-0.3, -0.25) is 4.98 Å². The highest BCUT2D eigenvalue weighted by molar-refractivity contribution is 7.99. The Morgan fingerprint density at radius 3 is 2.56 bits per heavy atom. The highest BCUT2D eigenvalue weighted by Gasteiger charge is 2.35. The molecule has 0 aliphatic rings. The van der Waals surface area contributed by atoms with E-state index in [9.17, 15) is 13.2 Å². The number of pyridine rings is 1. The van der Waals surface area contributed by atoms with Gasteiger partial charge in [-0.1, -0.05) is 0 Å². The van der Waals surface area contributed by atoms with Gasteiger partial charge in [0.1, 0.15) is 5.82 Å². The van der Waals surface area contributed by atoms with Crippen molar-refractivity contribution in [3.8, 4) is 0 Å². The third-order valence-corrected chi connectivity index (χ3v) is 2.82. The molecule has 0 saturated carbocycles. The lowest BCUT2D eigenvalue weighted by Gasteiger charge is -2.09. The van der Waals surface area contributed by atoms with Gasteiger partial charge < -0.3 is 5.73 Å². The van der Waals surface area contributed by atoms with E-state index in [1.807, 2.05) is 0 Å². The quantitative estimate of drug-likeness (QED) is 0.851. The fourth-order valence-electron chi connectivity index (χ4n) is 1.19. The molecule has 0 bridgehead atoms.